The molecule has 0 bridgehead atoms. The molecule has 1 heterocycles. The molecule has 0 fully saturated rings. The molecule has 0 radical (unpaired) electrons. The van der Waals surface area contributed by atoms with Gasteiger partial charge in [0.1, 0.15) is 5.76 Å². The number of aryl methyl sites for hydroxylation is 2. The lowest BCUT2D eigenvalue weighted by Crippen LogP contribution is -2.24. The molecule has 2 aromatic rings. The number of sulfonamides is 1. The monoisotopic (exact) mass is 365 g/mol. The molecule has 0 saturated heterocycles. The maximum Gasteiger partial charge on any atom is 0.251 e. The lowest BCUT2D eigenvalue weighted by Gasteiger charge is -2.08. The SMILES string of the molecule is CCS(=O)(=O)Nc1ccc(C(=O)NCCCc2c(C)noc2C)cc1. The van der Waals surface area contributed by atoms with Crippen LogP contribution in [0.15, 0.2) is 28.8 Å². The Balaban J connectivity index is 1.83. The van der Waals surface area contributed by atoms with Gasteiger partial charge in [0.05, 0.1) is 11.4 Å². The third-order valence-corrected chi connectivity index (χ3v) is 5.18. The molecule has 0 unspecified atom stereocenters. The van der Waals surface area contributed by atoms with Crippen molar-refractivity contribution in [1.29, 1.82) is 0 Å². The maximum atomic E-state index is 12.1. The van der Waals surface area contributed by atoms with Crippen molar-refractivity contribution in [2.45, 2.75) is 33.6 Å². The standard InChI is InChI=1S/C17H23N3O4S/c1-4-25(22,23)20-15-9-7-14(8-10-15)17(21)18-11-5-6-16-12(2)19-24-13(16)3/h7-10,20H,4-6,11H2,1-3H3,(H,18,21). The van der Waals surface area contributed by atoms with E-state index >= 15 is 0 Å². The molecule has 25 heavy (non-hydrogen) atoms. The molecular formula is C17H23N3O4S. The molecule has 2 N–H and O–H groups in total. The second-order valence-corrected chi connectivity index (χ2v) is 7.76. The number of aromatic nitrogens is 1. The van der Waals surface area contributed by atoms with Crippen molar-refractivity contribution in [3.8, 4) is 0 Å². The van der Waals surface area contributed by atoms with Gasteiger partial charge in [-0.05, 0) is 57.9 Å². The van der Waals surface area contributed by atoms with Gasteiger partial charge in [0.2, 0.25) is 10.0 Å². The van der Waals surface area contributed by atoms with E-state index in [1.807, 2.05) is 13.8 Å². The summed E-state index contributed by atoms with van der Waals surface area (Å²) in [6.45, 7) is 5.88. The van der Waals surface area contributed by atoms with Crippen LogP contribution in [0.4, 0.5) is 5.69 Å². The number of hydrogen-bond acceptors (Lipinski definition) is 5. The minimum atomic E-state index is -3.32. The maximum absolute atomic E-state index is 12.1. The number of carbonyl (C=O) groups excluding carboxylic acids is 1. The fourth-order valence-electron chi connectivity index (χ4n) is 2.37. The predicted octanol–water partition coefficient (Wildman–Crippen LogP) is 2.42. The molecule has 1 aromatic heterocycles. The molecule has 8 heteroatoms. The van der Waals surface area contributed by atoms with E-state index in [2.05, 4.69) is 15.2 Å². The molecule has 1 amide bonds. The van der Waals surface area contributed by atoms with Crippen molar-refractivity contribution in [2.75, 3.05) is 17.0 Å². The highest BCUT2D eigenvalue weighted by Gasteiger charge is 2.10. The van der Waals surface area contributed by atoms with Crippen LogP contribution in [0.1, 0.15) is 40.7 Å². The van der Waals surface area contributed by atoms with Gasteiger partial charge in [-0.15, -0.1) is 0 Å². The Morgan fingerprint density at radius 1 is 1.20 bits per heavy atom. The second-order valence-electron chi connectivity index (χ2n) is 5.75. The van der Waals surface area contributed by atoms with Crippen LogP contribution in [0, 0.1) is 13.8 Å². The Hall–Kier alpha value is -2.35. The summed E-state index contributed by atoms with van der Waals surface area (Å²) in [4.78, 5) is 12.1. The summed E-state index contributed by atoms with van der Waals surface area (Å²) in [6.07, 6.45) is 1.57. The highest BCUT2D eigenvalue weighted by molar-refractivity contribution is 7.92. The molecule has 1 aromatic carbocycles. The zero-order valence-electron chi connectivity index (χ0n) is 14.6. The Morgan fingerprint density at radius 3 is 2.44 bits per heavy atom. The summed E-state index contributed by atoms with van der Waals surface area (Å²) in [7, 11) is -3.32. The number of amides is 1. The summed E-state index contributed by atoms with van der Waals surface area (Å²) < 4.78 is 30.6. The fraction of sp³-hybridized carbons (Fsp3) is 0.412. The highest BCUT2D eigenvalue weighted by Crippen LogP contribution is 2.14. The summed E-state index contributed by atoms with van der Waals surface area (Å²) >= 11 is 0. The number of nitrogens with zero attached hydrogens (tertiary/aromatic N) is 1. The van der Waals surface area contributed by atoms with E-state index in [0.717, 1.165) is 29.9 Å². The Morgan fingerprint density at radius 2 is 1.88 bits per heavy atom. The third-order valence-electron chi connectivity index (χ3n) is 3.87. The Kier molecular flexibility index (Phi) is 6.19. The summed E-state index contributed by atoms with van der Waals surface area (Å²) in [5, 5.41) is 6.76. The van der Waals surface area contributed by atoms with Gasteiger partial charge in [0.25, 0.3) is 5.91 Å². The van der Waals surface area contributed by atoms with E-state index in [1.54, 1.807) is 31.2 Å². The quantitative estimate of drug-likeness (QED) is 0.700. The Bertz CT molecular complexity index is 807. The van der Waals surface area contributed by atoms with Crippen LogP contribution in [0.2, 0.25) is 0 Å². The van der Waals surface area contributed by atoms with Crippen LogP contribution in [-0.4, -0.2) is 31.8 Å². The van der Waals surface area contributed by atoms with Crippen molar-refractivity contribution in [3.05, 3.63) is 46.8 Å². The average Bonchev–Trinajstić information content (AvgIpc) is 2.90. The summed E-state index contributed by atoms with van der Waals surface area (Å²) in [6, 6.07) is 6.34. The van der Waals surface area contributed by atoms with Gasteiger partial charge in [-0.25, -0.2) is 8.42 Å². The normalized spacial score (nSPS) is 11.3. The molecular weight excluding hydrogens is 342 g/mol. The minimum absolute atomic E-state index is 0.000366. The zero-order valence-corrected chi connectivity index (χ0v) is 15.4. The van der Waals surface area contributed by atoms with Crippen LogP contribution in [0.3, 0.4) is 0 Å². The number of benzene rings is 1. The number of rotatable bonds is 8. The van der Waals surface area contributed by atoms with Gasteiger partial charge in [-0.2, -0.15) is 0 Å². The van der Waals surface area contributed by atoms with Crippen LogP contribution in [-0.2, 0) is 16.4 Å². The molecule has 0 saturated carbocycles. The molecule has 0 spiro atoms. The van der Waals surface area contributed by atoms with E-state index in [1.165, 1.54) is 0 Å². The number of carbonyl (C=O) groups is 1. The minimum Gasteiger partial charge on any atom is -0.361 e. The molecule has 7 nitrogen and oxygen atoms in total. The number of nitrogens with one attached hydrogen (secondary N) is 2. The van der Waals surface area contributed by atoms with E-state index in [-0.39, 0.29) is 11.7 Å². The third kappa shape index (κ3) is 5.32. The van der Waals surface area contributed by atoms with E-state index in [4.69, 9.17) is 4.52 Å². The smallest absolute Gasteiger partial charge is 0.251 e. The van der Waals surface area contributed by atoms with Crippen molar-refractivity contribution in [3.63, 3.8) is 0 Å². The van der Waals surface area contributed by atoms with Crippen LogP contribution >= 0.6 is 0 Å². The zero-order chi connectivity index (χ0) is 18.4. The molecule has 0 aliphatic rings. The van der Waals surface area contributed by atoms with Crippen molar-refractivity contribution >= 4 is 21.6 Å². The van der Waals surface area contributed by atoms with Crippen molar-refractivity contribution < 1.29 is 17.7 Å². The first-order valence-electron chi connectivity index (χ1n) is 8.13. The number of anilines is 1. The molecule has 0 atom stereocenters. The van der Waals surface area contributed by atoms with Gasteiger partial charge in [-0.3, -0.25) is 9.52 Å². The topological polar surface area (TPSA) is 101 Å². The second kappa shape index (κ2) is 8.15. The molecule has 2 rings (SSSR count). The van der Waals surface area contributed by atoms with Gasteiger partial charge in [0, 0.05) is 23.4 Å². The first-order valence-corrected chi connectivity index (χ1v) is 9.78. The number of hydrogen-bond donors (Lipinski definition) is 2. The van der Waals surface area contributed by atoms with E-state index in [0.29, 0.717) is 17.8 Å². The van der Waals surface area contributed by atoms with Crippen molar-refractivity contribution in [2.24, 2.45) is 0 Å². The van der Waals surface area contributed by atoms with Gasteiger partial charge in [-0.1, -0.05) is 5.16 Å². The van der Waals surface area contributed by atoms with E-state index < -0.39 is 10.0 Å². The van der Waals surface area contributed by atoms with Crippen LogP contribution < -0.4 is 10.0 Å². The largest absolute Gasteiger partial charge is 0.361 e. The van der Waals surface area contributed by atoms with Crippen molar-refractivity contribution in [1.82, 2.24) is 10.5 Å². The molecule has 0 aliphatic carbocycles. The Labute approximate surface area is 147 Å². The summed E-state index contributed by atoms with van der Waals surface area (Å²) in [5.74, 6) is 0.623. The fourth-order valence-corrected chi connectivity index (χ4v) is 3.01. The van der Waals surface area contributed by atoms with Gasteiger partial charge < -0.3 is 9.84 Å². The van der Waals surface area contributed by atoms with Crippen LogP contribution in [0.5, 0.6) is 0 Å². The molecule has 136 valence electrons. The molecule has 0 aliphatic heterocycles. The lowest BCUT2D eigenvalue weighted by atomic mass is 10.1. The average molecular weight is 365 g/mol. The highest BCUT2D eigenvalue weighted by atomic mass is 32.2. The first kappa shape index (κ1) is 19.0. The van der Waals surface area contributed by atoms with Gasteiger partial charge >= 0.3 is 0 Å². The van der Waals surface area contributed by atoms with Gasteiger partial charge in [0.15, 0.2) is 0 Å². The lowest BCUT2D eigenvalue weighted by molar-refractivity contribution is 0.0953. The van der Waals surface area contributed by atoms with Crippen LogP contribution in [0.25, 0.3) is 0 Å². The van der Waals surface area contributed by atoms with E-state index in [9.17, 15) is 13.2 Å². The first-order chi connectivity index (χ1) is 11.8. The summed E-state index contributed by atoms with van der Waals surface area (Å²) in [5.41, 5.74) is 2.89. The predicted molar refractivity (Wildman–Crippen MR) is 96.2 cm³/mol.